The monoisotopic (exact) mass is 277 g/mol. The van der Waals surface area contributed by atoms with Gasteiger partial charge in [0, 0.05) is 23.7 Å². The zero-order valence-electron chi connectivity index (χ0n) is 11.4. The van der Waals surface area contributed by atoms with Crippen molar-refractivity contribution in [1.82, 2.24) is 20.0 Å². The summed E-state index contributed by atoms with van der Waals surface area (Å²) in [4.78, 5) is 5.42. The molecule has 3 N–H and O–H groups in total. The fourth-order valence-corrected chi connectivity index (χ4v) is 2.82. The molecule has 2 aromatic rings. The number of nitrogens with zero attached hydrogens (tertiary/aromatic N) is 3. The van der Waals surface area contributed by atoms with Crippen LogP contribution in [0.5, 0.6) is 0 Å². The molecule has 0 aliphatic heterocycles. The van der Waals surface area contributed by atoms with E-state index >= 15 is 0 Å². The van der Waals surface area contributed by atoms with Crippen LogP contribution in [0.3, 0.4) is 0 Å². The Morgan fingerprint density at radius 1 is 1.37 bits per heavy atom. The van der Waals surface area contributed by atoms with Crippen molar-refractivity contribution in [3.05, 3.63) is 40.7 Å². The Kier molecular flexibility index (Phi) is 4.24. The van der Waals surface area contributed by atoms with Gasteiger partial charge in [-0.05, 0) is 23.7 Å². The predicted molar refractivity (Wildman–Crippen MR) is 76.6 cm³/mol. The Hall–Kier alpha value is -1.37. The van der Waals surface area contributed by atoms with Crippen molar-refractivity contribution < 1.29 is 0 Å². The first-order chi connectivity index (χ1) is 9.02. The maximum Gasteiger partial charge on any atom is 0.0857 e. The zero-order valence-corrected chi connectivity index (χ0v) is 12.2. The van der Waals surface area contributed by atoms with Crippen LogP contribution in [0, 0.1) is 0 Å². The van der Waals surface area contributed by atoms with E-state index in [1.165, 1.54) is 11.5 Å². The van der Waals surface area contributed by atoms with E-state index in [1.54, 1.807) is 6.20 Å². The normalized spacial score (nSPS) is 13.5. The molecule has 0 saturated heterocycles. The minimum Gasteiger partial charge on any atom is -0.271 e. The maximum absolute atomic E-state index is 5.70. The van der Waals surface area contributed by atoms with Gasteiger partial charge in [-0.2, -0.15) is 0 Å². The van der Waals surface area contributed by atoms with Crippen LogP contribution >= 0.6 is 11.5 Å². The summed E-state index contributed by atoms with van der Waals surface area (Å²) in [5.41, 5.74) is 4.81. The molecule has 0 radical (unpaired) electrons. The molecule has 2 heterocycles. The van der Waals surface area contributed by atoms with Crippen LogP contribution in [0.4, 0.5) is 0 Å². The van der Waals surface area contributed by atoms with E-state index in [-0.39, 0.29) is 11.5 Å². The van der Waals surface area contributed by atoms with Gasteiger partial charge < -0.3 is 0 Å². The van der Waals surface area contributed by atoms with Crippen LogP contribution in [-0.2, 0) is 11.8 Å². The molecule has 0 saturated carbocycles. The topological polar surface area (TPSA) is 76.7 Å². The first-order valence-electron chi connectivity index (χ1n) is 6.21. The van der Waals surface area contributed by atoms with Crippen LogP contribution in [0.2, 0.25) is 0 Å². The smallest absolute Gasteiger partial charge is 0.0857 e. The van der Waals surface area contributed by atoms with Gasteiger partial charge >= 0.3 is 0 Å². The molecule has 2 rings (SSSR count). The first kappa shape index (κ1) is 14.0. The molecule has 0 bridgehead atoms. The third-order valence-corrected chi connectivity index (χ3v) is 3.72. The molecular formula is C13H19N5S. The van der Waals surface area contributed by atoms with Gasteiger partial charge in [-0.3, -0.25) is 16.3 Å². The van der Waals surface area contributed by atoms with E-state index in [4.69, 9.17) is 5.84 Å². The Morgan fingerprint density at radius 3 is 2.74 bits per heavy atom. The molecule has 6 heteroatoms. The van der Waals surface area contributed by atoms with Crippen LogP contribution in [0.25, 0.3) is 0 Å². The molecule has 0 aliphatic carbocycles. The van der Waals surface area contributed by atoms with Crippen LogP contribution in [-0.4, -0.2) is 14.6 Å². The van der Waals surface area contributed by atoms with E-state index in [0.29, 0.717) is 0 Å². The lowest BCUT2D eigenvalue weighted by Gasteiger charge is -2.21. The quantitative estimate of drug-likeness (QED) is 0.660. The van der Waals surface area contributed by atoms with Crippen molar-refractivity contribution in [3.8, 4) is 0 Å². The number of nitrogens with two attached hydrogens (primary N) is 1. The molecule has 19 heavy (non-hydrogen) atoms. The minimum atomic E-state index is -0.0401. The van der Waals surface area contributed by atoms with E-state index in [9.17, 15) is 0 Å². The lowest BCUT2D eigenvalue weighted by molar-refractivity contribution is 0.512. The minimum absolute atomic E-state index is 0.0101. The van der Waals surface area contributed by atoms with Crippen molar-refractivity contribution in [3.63, 3.8) is 0 Å². The van der Waals surface area contributed by atoms with E-state index in [1.807, 2.05) is 18.2 Å². The second-order valence-electron chi connectivity index (χ2n) is 5.48. The number of hydrogen-bond donors (Lipinski definition) is 2. The third-order valence-electron chi connectivity index (χ3n) is 2.88. The number of rotatable bonds is 4. The molecule has 1 atom stereocenters. The highest BCUT2D eigenvalue weighted by Gasteiger charge is 2.27. The Bertz CT molecular complexity index is 517. The number of aromatic nitrogens is 3. The molecule has 2 aromatic heterocycles. The van der Waals surface area contributed by atoms with Gasteiger partial charge in [0.1, 0.15) is 0 Å². The van der Waals surface area contributed by atoms with Gasteiger partial charge in [0.25, 0.3) is 0 Å². The van der Waals surface area contributed by atoms with Gasteiger partial charge in [0.15, 0.2) is 0 Å². The predicted octanol–water partition coefficient (Wildman–Crippen LogP) is 1.98. The average Bonchev–Trinajstić information content (AvgIpc) is 2.86. The molecule has 102 valence electrons. The van der Waals surface area contributed by atoms with E-state index < -0.39 is 0 Å². The molecule has 0 aliphatic rings. The van der Waals surface area contributed by atoms with Crippen LogP contribution in [0.1, 0.15) is 43.1 Å². The highest BCUT2D eigenvalue weighted by molar-refractivity contribution is 7.05. The molecular weight excluding hydrogens is 258 g/mol. The molecule has 0 aromatic carbocycles. The lowest BCUT2D eigenvalue weighted by atomic mass is 9.89. The fourth-order valence-electron chi connectivity index (χ4n) is 1.90. The summed E-state index contributed by atoms with van der Waals surface area (Å²) in [6.07, 6.45) is 2.52. The summed E-state index contributed by atoms with van der Waals surface area (Å²) < 4.78 is 4.07. The lowest BCUT2D eigenvalue weighted by Crippen LogP contribution is -2.31. The van der Waals surface area contributed by atoms with Crippen LogP contribution < -0.4 is 11.3 Å². The van der Waals surface area contributed by atoms with E-state index in [0.717, 1.165) is 22.7 Å². The van der Waals surface area contributed by atoms with Crippen molar-refractivity contribution in [1.29, 1.82) is 0 Å². The number of hydrazine groups is 1. The third kappa shape index (κ3) is 3.34. The number of pyridine rings is 1. The highest BCUT2D eigenvalue weighted by atomic mass is 32.1. The number of hydrogen-bond acceptors (Lipinski definition) is 6. The summed E-state index contributed by atoms with van der Waals surface area (Å²) in [5, 5.41) is 4.25. The summed E-state index contributed by atoms with van der Waals surface area (Å²) in [7, 11) is 0. The van der Waals surface area contributed by atoms with Gasteiger partial charge in [-0.15, -0.1) is 5.10 Å². The van der Waals surface area contributed by atoms with Crippen molar-refractivity contribution in [2.45, 2.75) is 38.6 Å². The summed E-state index contributed by atoms with van der Waals surface area (Å²) in [6, 6.07) is 5.87. The van der Waals surface area contributed by atoms with E-state index in [2.05, 4.69) is 40.8 Å². The Labute approximate surface area is 117 Å². The van der Waals surface area contributed by atoms with Crippen molar-refractivity contribution in [2.75, 3.05) is 0 Å². The highest BCUT2D eigenvalue weighted by Crippen LogP contribution is 2.31. The Morgan fingerprint density at radius 2 is 2.16 bits per heavy atom. The number of nitrogens with one attached hydrogen (secondary N) is 1. The zero-order chi connectivity index (χ0) is 13.9. The first-order valence-corrected chi connectivity index (χ1v) is 6.98. The van der Waals surface area contributed by atoms with Crippen molar-refractivity contribution in [2.24, 2.45) is 5.84 Å². The molecule has 5 nitrogen and oxygen atoms in total. The van der Waals surface area contributed by atoms with Gasteiger partial charge in [0.05, 0.1) is 16.6 Å². The van der Waals surface area contributed by atoms with Gasteiger partial charge in [-0.25, -0.2) is 0 Å². The molecule has 1 unspecified atom stereocenters. The summed E-state index contributed by atoms with van der Waals surface area (Å²) in [5.74, 6) is 5.70. The maximum atomic E-state index is 5.70. The SMILES string of the molecule is CC(C)(C)c1nnsc1C(Cc1ccccn1)NN. The largest absolute Gasteiger partial charge is 0.271 e. The van der Waals surface area contributed by atoms with Crippen molar-refractivity contribution >= 4 is 11.5 Å². The average molecular weight is 277 g/mol. The summed E-state index contributed by atoms with van der Waals surface area (Å²) in [6.45, 7) is 6.38. The van der Waals surface area contributed by atoms with Gasteiger partial charge in [-0.1, -0.05) is 31.3 Å². The Balaban J connectivity index is 2.26. The molecule has 0 spiro atoms. The van der Waals surface area contributed by atoms with Gasteiger partial charge in [0.2, 0.25) is 0 Å². The standard InChI is InChI=1S/C13H19N5S/c1-13(2,3)12-11(19-18-17-12)10(16-14)8-9-6-4-5-7-15-9/h4-7,10,16H,8,14H2,1-3H3. The fraction of sp³-hybridized carbons (Fsp3) is 0.462. The molecule has 0 amide bonds. The second kappa shape index (κ2) is 5.73. The van der Waals surface area contributed by atoms with Crippen LogP contribution in [0.15, 0.2) is 24.4 Å². The molecule has 0 fully saturated rings. The summed E-state index contributed by atoms with van der Waals surface area (Å²) >= 11 is 1.40. The second-order valence-corrected chi connectivity index (χ2v) is 6.27.